The van der Waals surface area contributed by atoms with E-state index in [1.807, 2.05) is 33.8 Å². The number of hydrogen-bond donors (Lipinski definition) is 1. The lowest BCUT2D eigenvalue weighted by atomic mass is 10.1. The molecule has 4 heteroatoms. The van der Waals surface area contributed by atoms with Gasteiger partial charge < -0.3 is 10.1 Å². The van der Waals surface area contributed by atoms with Crippen molar-refractivity contribution in [3.05, 3.63) is 23.4 Å². The Hall–Kier alpha value is -1.58. The molecule has 1 rings (SSSR count). The lowest BCUT2D eigenvalue weighted by molar-refractivity contribution is 0.00702. The van der Waals surface area contributed by atoms with E-state index in [1.54, 1.807) is 13.2 Å². The van der Waals surface area contributed by atoms with Crippen LogP contribution < -0.4 is 5.32 Å². The molecule has 0 saturated heterocycles. The first-order valence-corrected chi connectivity index (χ1v) is 5.77. The second kappa shape index (κ2) is 5.17. The van der Waals surface area contributed by atoms with Crippen LogP contribution in [-0.2, 0) is 11.2 Å². The Morgan fingerprint density at radius 2 is 2.12 bits per heavy atom. The molecule has 0 amide bonds. The molecule has 17 heavy (non-hydrogen) atoms. The Kier molecular flexibility index (Phi) is 4.10. The van der Waals surface area contributed by atoms with E-state index in [9.17, 15) is 4.79 Å². The molecule has 0 aliphatic heterocycles. The number of nitrogens with one attached hydrogen (secondary N) is 1. The van der Waals surface area contributed by atoms with Crippen LogP contribution in [0.15, 0.2) is 12.3 Å². The van der Waals surface area contributed by atoms with Crippen LogP contribution >= 0.6 is 0 Å². The smallest absolute Gasteiger partial charge is 0.342 e. The summed E-state index contributed by atoms with van der Waals surface area (Å²) in [6, 6.07) is 1.83. The van der Waals surface area contributed by atoms with Crippen LogP contribution in [0, 0.1) is 0 Å². The second-order valence-electron chi connectivity index (χ2n) is 4.85. The highest BCUT2D eigenvalue weighted by Crippen LogP contribution is 2.18. The molecule has 0 fully saturated rings. The molecular weight excluding hydrogens is 216 g/mol. The van der Waals surface area contributed by atoms with Crippen LogP contribution in [0.2, 0.25) is 0 Å². The summed E-state index contributed by atoms with van der Waals surface area (Å²) in [6.45, 7) is 7.57. The number of nitrogens with zero attached hydrogens (tertiary/aromatic N) is 1. The first kappa shape index (κ1) is 13.5. The number of rotatable bonds is 3. The van der Waals surface area contributed by atoms with Crippen molar-refractivity contribution in [1.82, 2.24) is 4.98 Å². The van der Waals surface area contributed by atoms with Crippen molar-refractivity contribution in [3.8, 4) is 0 Å². The summed E-state index contributed by atoms with van der Waals surface area (Å²) in [5, 5.41) is 2.90. The quantitative estimate of drug-likeness (QED) is 0.820. The van der Waals surface area contributed by atoms with E-state index in [0.717, 1.165) is 12.0 Å². The fraction of sp³-hybridized carbons (Fsp3) is 0.538. The minimum absolute atomic E-state index is 0.343. The van der Waals surface area contributed by atoms with Gasteiger partial charge in [-0.1, -0.05) is 6.92 Å². The lowest BCUT2D eigenvalue weighted by Crippen LogP contribution is -2.24. The Morgan fingerprint density at radius 3 is 2.59 bits per heavy atom. The number of hydrogen-bond acceptors (Lipinski definition) is 4. The van der Waals surface area contributed by atoms with Gasteiger partial charge in [-0.15, -0.1) is 0 Å². The van der Waals surface area contributed by atoms with E-state index >= 15 is 0 Å². The summed E-state index contributed by atoms with van der Waals surface area (Å²) >= 11 is 0. The Labute approximate surface area is 102 Å². The van der Waals surface area contributed by atoms with Crippen molar-refractivity contribution < 1.29 is 9.53 Å². The number of esters is 1. The summed E-state index contributed by atoms with van der Waals surface area (Å²) in [5.74, 6) is 0.209. The van der Waals surface area contributed by atoms with Crippen LogP contribution in [0.3, 0.4) is 0 Å². The summed E-state index contributed by atoms with van der Waals surface area (Å²) in [5.41, 5.74) is 1.01. The average molecular weight is 236 g/mol. The molecule has 0 saturated carbocycles. The maximum Gasteiger partial charge on any atom is 0.342 e. The topological polar surface area (TPSA) is 51.2 Å². The summed E-state index contributed by atoms with van der Waals surface area (Å²) < 4.78 is 5.35. The molecule has 1 heterocycles. The van der Waals surface area contributed by atoms with Crippen molar-refractivity contribution in [1.29, 1.82) is 0 Å². The third-order valence-electron chi connectivity index (χ3n) is 2.21. The minimum atomic E-state index is -0.496. The van der Waals surface area contributed by atoms with Crippen molar-refractivity contribution in [2.24, 2.45) is 0 Å². The zero-order chi connectivity index (χ0) is 13.1. The predicted octanol–water partition coefficient (Wildman–Crippen LogP) is 2.64. The van der Waals surface area contributed by atoms with E-state index in [1.165, 1.54) is 0 Å². The first-order valence-electron chi connectivity index (χ1n) is 5.77. The van der Waals surface area contributed by atoms with E-state index in [0.29, 0.717) is 11.4 Å². The molecule has 1 N–H and O–H groups in total. The monoisotopic (exact) mass is 236 g/mol. The van der Waals surface area contributed by atoms with Gasteiger partial charge in [0.1, 0.15) is 17.0 Å². The Bertz CT molecular complexity index is 408. The van der Waals surface area contributed by atoms with Gasteiger partial charge in [-0.2, -0.15) is 0 Å². The lowest BCUT2D eigenvalue weighted by Gasteiger charge is -2.20. The second-order valence-corrected chi connectivity index (χ2v) is 4.85. The molecule has 1 aromatic heterocycles. The fourth-order valence-corrected chi connectivity index (χ4v) is 1.39. The maximum absolute atomic E-state index is 12.0. The average Bonchev–Trinajstić information content (AvgIpc) is 2.25. The number of ether oxygens (including phenoxy) is 1. The predicted molar refractivity (Wildman–Crippen MR) is 68.3 cm³/mol. The fourth-order valence-electron chi connectivity index (χ4n) is 1.39. The van der Waals surface area contributed by atoms with E-state index in [2.05, 4.69) is 10.3 Å². The zero-order valence-corrected chi connectivity index (χ0v) is 11.1. The number of carbonyl (C=O) groups is 1. The SMILES string of the molecule is CCc1cnc(NC)c(C(=O)OC(C)(C)C)c1. The van der Waals surface area contributed by atoms with Crippen LogP contribution in [0.5, 0.6) is 0 Å². The van der Waals surface area contributed by atoms with E-state index < -0.39 is 5.60 Å². The Morgan fingerprint density at radius 1 is 1.47 bits per heavy atom. The zero-order valence-electron chi connectivity index (χ0n) is 11.1. The highest BCUT2D eigenvalue weighted by molar-refractivity contribution is 5.95. The van der Waals surface area contributed by atoms with Gasteiger partial charge in [0.2, 0.25) is 0 Å². The summed E-state index contributed by atoms with van der Waals surface area (Å²) in [6.07, 6.45) is 2.60. The molecule has 0 radical (unpaired) electrons. The minimum Gasteiger partial charge on any atom is -0.456 e. The molecule has 1 aromatic rings. The normalized spacial score (nSPS) is 11.1. The van der Waals surface area contributed by atoms with Crippen molar-refractivity contribution in [3.63, 3.8) is 0 Å². The molecule has 0 bridgehead atoms. The molecule has 0 spiro atoms. The molecule has 0 atom stereocenters. The standard InChI is InChI=1S/C13H20N2O2/c1-6-9-7-10(11(14-5)15-8-9)12(16)17-13(2,3)4/h7-8H,6H2,1-5H3,(H,14,15). The largest absolute Gasteiger partial charge is 0.456 e. The van der Waals surface area contributed by atoms with Gasteiger partial charge in [0.15, 0.2) is 0 Å². The van der Waals surface area contributed by atoms with Gasteiger partial charge in [-0.3, -0.25) is 0 Å². The molecule has 0 aromatic carbocycles. The van der Waals surface area contributed by atoms with Gasteiger partial charge >= 0.3 is 5.97 Å². The van der Waals surface area contributed by atoms with Gasteiger partial charge in [-0.25, -0.2) is 9.78 Å². The Balaban J connectivity index is 3.05. The van der Waals surface area contributed by atoms with Crippen LogP contribution in [0.25, 0.3) is 0 Å². The van der Waals surface area contributed by atoms with Crippen LogP contribution in [0.1, 0.15) is 43.6 Å². The van der Waals surface area contributed by atoms with Crippen molar-refractivity contribution >= 4 is 11.8 Å². The van der Waals surface area contributed by atoms with E-state index in [4.69, 9.17) is 4.74 Å². The van der Waals surface area contributed by atoms with Crippen molar-refractivity contribution in [2.75, 3.05) is 12.4 Å². The summed E-state index contributed by atoms with van der Waals surface area (Å²) in [7, 11) is 1.74. The summed E-state index contributed by atoms with van der Waals surface area (Å²) in [4.78, 5) is 16.2. The number of anilines is 1. The van der Waals surface area contributed by atoms with Crippen molar-refractivity contribution in [2.45, 2.75) is 39.7 Å². The molecule has 0 aliphatic rings. The number of pyridine rings is 1. The highest BCUT2D eigenvalue weighted by atomic mass is 16.6. The highest BCUT2D eigenvalue weighted by Gasteiger charge is 2.21. The third-order valence-corrected chi connectivity index (χ3v) is 2.21. The van der Waals surface area contributed by atoms with E-state index in [-0.39, 0.29) is 5.97 Å². The molecule has 4 nitrogen and oxygen atoms in total. The van der Waals surface area contributed by atoms with Gasteiger partial charge in [0.05, 0.1) is 0 Å². The van der Waals surface area contributed by atoms with Gasteiger partial charge in [-0.05, 0) is 38.8 Å². The van der Waals surface area contributed by atoms with Gasteiger partial charge in [0.25, 0.3) is 0 Å². The molecule has 94 valence electrons. The third kappa shape index (κ3) is 3.73. The molecule has 0 unspecified atom stereocenters. The first-order chi connectivity index (χ1) is 7.87. The molecule has 0 aliphatic carbocycles. The number of aromatic nitrogens is 1. The van der Waals surface area contributed by atoms with Gasteiger partial charge in [0, 0.05) is 13.2 Å². The van der Waals surface area contributed by atoms with Crippen LogP contribution in [0.4, 0.5) is 5.82 Å². The number of carbonyl (C=O) groups excluding carboxylic acids is 1. The maximum atomic E-state index is 12.0. The van der Waals surface area contributed by atoms with Crippen LogP contribution in [-0.4, -0.2) is 23.6 Å². The molecular formula is C13H20N2O2. The number of aryl methyl sites for hydroxylation is 1.